The van der Waals surface area contributed by atoms with Gasteiger partial charge in [0.25, 0.3) is 0 Å². The Hall–Kier alpha value is -2.89. The van der Waals surface area contributed by atoms with E-state index in [0.29, 0.717) is 43.1 Å². The number of aliphatic hydroxyl groups excluding tert-OH is 2. The van der Waals surface area contributed by atoms with Gasteiger partial charge in [-0.15, -0.1) is 0 Å². The van der Waals surface area contributed by atoms with E-state index < -0.39 is 44.7 Å². The maximum absolute atomic E-state index is 12.6. The molecule has 0 aromatic heterocycles. The van der Waals surface area contributed by atoms with Crippen LogP contribution in [-0.2, 0) is 32.7 Å². The van der Waals surface area contributed by atoms with Gasteiger partial charge in [-0.1, -0.05) is 131 Å². The van der Waals surface area contributed by atoms with Gasteiger partial charge in [-0.25, -0.2) is 4.57 Å². The molecule has 3 N–H and O–H groups in total. The van der Waals surface area contributed by atoms with Crippen LogP contribution in [0, 0.1) is 0 Å². The molecule has 320 valence electrons. The van der Waals surface area contributed by atoms with Gasteiger partial charge in [0.1, 0.15) is 19.8 Å². The Kier molecular flexibility index (Phi) is 33.5. The molecule has 11 nitrogen and oxygen atoms in total. The Morgan fingerprint density at radius 3 is 2.02 bits per heavy atom. The number of hydrogen-bond acceptors (Lipinski definition) is 9. The Labute approximate surface area is 338 Å². The number of aliphatic hydroxyl groups is 2. The van der Waals surface area contributed by atoms with Crippen molar-refractivity contribution in [1.82, 2.24) is 0 Å². The maximum atomic E-state index is 12.6. The summed E-state index contributed by atoms with van der Waals surface area (Å²) in [5.41, 5.74) is 0. The summed E-state index contributed by atoms with van der Waals surface area (Å²) in [7, 11) is 1.34. The minimum absolute atomic E-state index is 0.00761. The van der Waals surface area contributed by atoms with Crippen LogP contribution in [0.15, 0.2) is 85.1 Å². The summed E-state index contributed by atoms with van der Waals surface area (Å²) in [4.78, 5) is 35.2. The van der Waals surface area contributed by atoms with Crippen molar-refractivity contribution in [2.75, 3.05) is 47.5 Å². The highest BCUT2D eigenvalue weighted by Gasteiger charge is 2.27. The van der Waals surface area contributed by atoms with Gasteiger partial charge in [-0.2, -0.15) is 0 Å². The minimum Gasteiger partial charge on any atom is -0.462 e. The molecule has 0 heterocycles. The van der Waals surface area contributed by atoms with E-state index >= 15 is 0 Å². The number of quaternary nitrogens is 1. The van der Waals surface area contributed by atoms with Crippen LogP contribution in [0.25, 0.3) is 0 Å². The molecule has 0 saturated heterocycles. The molecule has 0 amide bonds. The second kappa shape index (κ2) is 35.3. The molecular formula is C44H75NO10P+. The highest BCUT2D eigenvalue weighted by Crippen LogP contribution is 2.43. The van der Waals surface area contributed by atoms with Gasteiger partial charge in [-0.3, -0.25) is 18.6 Å². The van der Waals surface area contributed by atoms with Crippen molar-refractivity contribution in [1.29, 1.82) is 0 Å². The summed E-state index contributed by atoms with van der Waals surface area (Å²) in [6.07, 6.45) is 37.2. The smallest absolute Gasteiger partial charge is 0.462 e. The molecule has 0 aliphatic heterocycles. The Morgan fingerprint density at radius 2 is 1.32 bits per heavy atom. The molecular weight excluding hydrogens is 733 g/mol. The summed E-state index contributed by atoms with van der Waals surface area (Å²) in [6.45, 7) is 3.92. The lowest BCUT2D eigenvalue weighted by Gasteiger charge is -2.24. The standard InChI is InChI=1S/C44H74NO10P/c1-6-8-10-11-12-13-14-15-19-22-28-35-44(49)55-42(39-54-56(50,51)53-37-36-45(3,4)5)38-52-43(48)34-29-23-27-33-41(47)32-26-21-18-16-17-20-25-31-40(46)30-24-9-7-2/h9,11-12,17-18,20-21,24-27,31-33,40-42,46-47H,6-8,10,13-16,19,22-23,28-30,34-39H2,1-5H3/p+1/b12-11-,20-17-,21-18-,24-9-,31-25+,32-26+,33-27-/t40-,41-,42-/m1/s1. The van der Waals surface area contributed by atoms with Crippen molar-refractivity contribution >= 4 is 19.8 Å². The number of hydrogen-bond donors (Lipinski definition) is 3. The topological polar surface area (TPSA) is 149 Å². The first-order valence-electron chi connectivity index (χ1n) is 20.5. The number of ether oxygens (including phenoxy) is 2. The molecule has 0 aromatic rings. The third-order valence-electron chi connectivity index (χ3n) is 8.08. The fourth-order valence-corrected chi connectivity index (χ4v) is 5.53. The first kappa shape index (κ1) is 53.1. The highest BCUT2D eigenvalue weighted by atomic mass is 31.2. The second-order valence-electron chi connectivity index (χ2n) is 14.7. The van der Waals surface area contributed by atoms with Crippen LogP contribution in [0.3, 0.4) is 0 Å². The summed E-state index contributed by atoms with van der Waals surface area (Å²) in [5, 5.41) is 20.0. The van der Waals surface area contributed by atoms with E-state index in [1.165, 1.54) is 12.8 Å². The largest absolute Gasteiger partial charge is 0.472 e. The lowest BCUT2D eigenvalue weighted by atomic mass is 10.1. The molecule has 0 spiro atoms. The number of carbonyl (C=O) groups excluding carboxylic acids is 2. The Balaban J connectivity index is 4.66. The quantitative estimate of drug-likeness (QED) is 0.0141. The first-order chi connectivity index (χ1) is 26.8. The minimum atomic E-state index is -4.42. The van der Waals surface area contributed by atoms with E-state index in [1.54, 1.807) is 30.4 Å². The third-order valence-corrected chi connectivity index (χ3v) is 9.07. The van der Waals surface area contributed by atoms with Gasteiger partial charge < -0.3 is 29.1 Å². The second-order valence-corrected chi connectivity index (χ2v) is 16.1. The molecule has 12 heteroatoms. The third kappa shape index (κ3) is 38.0. The zero-order valence-electron chi connectivity index (χ0n) is 35.1. The number of phosphoric ester groups is 1. The van der Waals surface area contributed by atoms with Crippen LogP contribution in [-0.4, -0.2) is 97.3 Å². The number of rotatable bonds is 35. The Morgan fingerprint density at radius 1 is 0.679 bits per heavy atom. The number of nitrogens with zero attached hydrogens (tertiary/aromatic N) is 1. The molecule has 0 fully saturated rings. The van der Waals surface area contributed by atoms with Crippen molar-refractivity contribution in [3.8, 4) is 0 Å². The SMILES string of the molecule is CC/C=C\C[C@@H](O)/C=C/C=C\C/C=C\C=C\[C@@H](O)/C=C\CCCC(=O)OC[C@H](COP(=O)(O)OCC[N+](C)(C)C)OC(=O)CCCCCCC/C=C\CCCC. The highest BCUT2D eigenvalue weighted by molar-refractivity contribution is 7.47. The van der Waals surface area contributed by atoms with Crippen LogP contribution in [0.4, 0.5) is 0 Å². The zero-order chi connectivity index (χ0) is 41.8. The van der Waals surface area contributed by atoms with Gasteiger partial charge >= 0.3 is 19.8 Å². The van der Waals surface area contributed by atoms with Crippen molar-refractivity contribution in [2.24, 2.45) is 0 Å². The van der Waals surface area contributed by atoms with E-state index in [0.717, 1.165) is 44.9 Å². The number of unbranched alkanes of at least 4 members (excludes halogenated alkanes) is 8. The fraction of sp³-hybridized carbons (Fsp3) is 0.636. The monoisotopic (exact) mass is 809 g/mol. The number of esters is 2. The molecule has 0 saturated carbocycles. The summed E-state index contributed by atoms with van der Waals surface area (Å²) in [6, 6.07) is 0. The number of allylic oxidation sites excluding steroid dienone is 10. The normalized spacial score (nSPS) is 15.6. The van der Waals surface area contributed by atoms with Gasteiger partial charge in [0.2, 0.25) is 0 Å². The molecule has 0 radical (unpaired) electrons. The molecule has 1 unspecified atom stereocenters. The predicted octanol–water partition coefficient (Wildman–Crippen LogP) is 9.18. The van der Waals surface area contributed by atoms with E-state index in [2.05, 4.69) is 26.0 Å². The average Bonchev–Trinajstić information content (AvgIpc) is 3.13. The molecule has 0 aromatic carbocycles. The molecule has 0 aliphatic rings. The van der Waals surface area contributed by atoms with Crippen molar-refractivity contribution in [3.63, 3.8) is 0 Å². The van der Waals surface area contributed by atoms with Gasteiger partial charge in [0.15, 0.2) is 6.10 Å². The number of phosphoric acid groups is 1. The first-order valence-corrected chi connectivity index (χ1v) is 22.0. The summed E-state index contributed by atoms with van der Waals surface area (Å²) in [5.74, 6) is -1.00. The van der Waals surface area contributed by atoms with Crippen molar-refractivity contribution < 1.29 is 52.3 Å². The van der Waals surface area contributed by atoms with Crippen LogP contribution in [0.5, 0.6) is 0 Å². The van der Waals surface area contributed by atoms with E-state index in [1.807, 2.05) is 63.7 Å². The van der Waals surface area contributed by atoms with E-state index in [9.17, 15) is 29.3 Å². The maximum Gasteiger partial charge on any atom is 0.472 e. The van der Waals surface area contributed by atoms with E-state index in [-0.39, 0.29) is 26.1 Å². The number of carbonyl (C=O) groups is 2. The lowest BCUT2D eigenvalue weighted by molar-refractivity contribution is -0.870. The van der Waals surface area contributed by atoms with E-state index in [4.69, 9.17) is 18.5 Å². The number of likely N-dealkylation sites (N-methyl/N-ethyl adjacent to an activating group) is 1. The Bertz CT molecular complexity index is 1260. The van der Waals surface area contributed by atoms with Gasteiger partial charge in [-0.05, 0) is 57.8 Å². The predicted molar refractivity (Wildman–Crippen MR) is 227 cm³/mol. The summed E-state index contributed by atoms with van der Waals surface area (Å²) >= 11 is 0. The van der Waals surface area contributed by atoms with Crippen LogP contribution >= 0.6 is 7.82 Å². The lowest BCUT2D eigenvalue weighted by Crippen LogP contribution is -2.37. The van der Waals surface area contributed by atoms with Gasteiger partial charge in [0.05, 0.1) is 40.0 Å². The van der Waals surface area contributed by atoms with Crippen LogP contribution < -0.4 is 0 Å². The zero-order valence-corrected chi connectivity index (χ0v) is 35.9. The fourth-order valence-electron chi connectivity index (χ4n) is 4.79. The van der Waals surface area contributed by atoms with Crippen LogP contribution in [0.1, 0.15) is 117 Å². The average molecular weight is 809 g/mol. The van der Waals surface area contributed by atoms with Gasteiger partial charge in [0, 0.05) is 12.8 Å². The van der Waals surface area contributed by atoms with Crippen LogP contribution in [0.2, 0.25) is 0 Å². The molecule has 0 rings (SSSR count). The molecule has 4 atom stereocenters. The molecule has 0 bridgehead atoms. The summed E-state index contributed by atoms with van der Waals surface area (Å²) < 4.78 is 34.0. The molecule has 56 heavy (non-hydrogen) atoms. The molecule has 0 aliphatic carbocycles. The van der Waals surface area contributed by atoms with Crippen molar-refractivity contribution in [2.45, 2.75) is 135 Å². The van der Waals surface area contributed by atoms with Crippen molar-refractivity contribution in [3.05, 3.63) is 85.1 Å².